The summed E-state index contributed by atoms with van der Waals surface area (Å²) in [5.74, 6) is 0. The Morgan fingerprint density at radius 1 is 0.714 bits per heavy atom. The van der Waals surface area contributed by atoms with Gasteiger partial charge in [0.15, 0.2) is 0 Å². The molecular weight excluding hydrogens is 262 g/mol. The first kappa shape index (κ1) is 20.9. The van der Waals surface area contributed by atoms with E-state index in [4.69, 9.17) is 9.84 Å². The Bertz CT molecular complexity index is 207. The van der Waals surface area contributed by atoms with E-state index in [-0.39, 0.29) is 6.61 Å². The zero-order chi connectivity index (χ0) is 15.8. The van der Waals surface area contributed by atoms with E-state index in [1.54, 1.807) is 0 Å². The fourth-order valence-corrected chi connectivity index (χ4v) is 2.62. The first-order chi connectivity index (χ1) is 10.1. The third kappa shape index (κ3) is 16.1. The molecule has 0 amide bonds. The summed E-state index contributed by atoms with van der Waals surface area (Å²) in [7, 11) is 4.55. The van der Waals surface area contributed by atoms with Gasteiger partial charge >= 0.3 is 0 Å². The summed E-state index contributed by atoms with van der Waals surface area (Å²) in [5, 5.41) is 8.67. The van der Waals surface area contributed by atoms with Crippen molar-refractivity contribution >= 4 is 0 Å². The Kier molecular flexibility index (Phi) is 14.7. The molecule has 0 saturated carbocycles. The Hall–Kier alpha value is -0.120. The molecule has 128 valence electrons. The maximum Gasteiger partial charge on any atom is 0.102 e. The van der Waals surface area contributed by atoms with Gasteiger partial charge in [0.05, 0.1) is 40.5 Å². The molecular formula is C18H40NO2+. The highest BCUT2D eigenvalue weighted by molar-refractivity contribution is 4.47. The number of likely N-dealkylation sites (N-methyl/N-ethyl adjacent to an activating group) is 1. The molecule has 0 heterocycles. The van der Waals surface area contributed by atoms with Crippen molar-refractivity contribution in [3.63, 3.8) is 0 Å². The number of quaternary nitrogens is 1. The molecule has 0 aliphatic carbocycles. The van der Waals surface area contributed by atoms with Crippen LogP contribution in [0.4, 0.5) is 0 Å². The van der Waals surface area contributed by atoms with Crippen LogP contribution in [-0.4, -0.2) is 56.6 Å². The largest absolute Gasteiger partial charge is 0.394 e. The van der Waals surface area contributed by atoms with Crippen LogP contribution in [0.1, 0.15) is 71.1 Å². The average molecular weight is 303 g/mol. The van der Waals surface area contributed by atoms with Crippen LogP contribution in [0.5, 0.6) is 0 Å². The van der Waals surface area contributed by atoms with Crippen LogP contribution >= 0.6 is 0 Å². The summed E-state index contributed by atoms with van der Waals surface area (Å²) >= 11 is 0. The van der Waals surface area contributed by atoms with Gasteiger partial charge in [-0.15, -0.1) is 0 Å². The number of ether oxygens (including phenoxy) is 1. The Balaban J connectivity index is 3.28. The summed E-state index contributed by atoms with van der Waals surface area (Å²) in [6, 6.07) is 0. The molecule has 0 fully saturated rings. The molecule has 0 atom stereocenters. The Morgan fingerprint density at radius 2 is 1.24 bits per heavy atom. The lowest BCUT2D eigenvalue weighted by molar-refractivity contribution is -0.891. The van der Waals surface area contributed by atoms with Crippen molar-refractivity contribution in [1.29, 1.82) is 0 Å². The van der Waals surface area contributed by atoms with Crippen LogP contribution in [0, 0.1) is 0 Å². The van der Waals surface area contributed by atoms with Gasteiger partial charge < -0.3 is 14.3 Å². The van der Waals surface area contributed by atoms with E-state index in [1.165, 1.54) is 70.8 Å². The van der Waals surface area contributed by atoms with Crippen molar-refractivity contribution in [2.75, 3.05) is 47.0 Å². The second-order valence-electron chi connectivity index (χ2n) is 6.90. The monoisotopic (exact) mass is 302 g/mol. The van der Waals surface area contributed by atoms with E-state index in [0.717, 1.165) is 17.6 Å². The molecule has 0 unspecified atom stereocenters. The number of rotatable bonds is 16. The summed E-state index contributed by atoms with van der Waals surface area (Å²) in [5.41, 5.74) is 0. The van der Waals surface area contributed by atoms with Crippen molar-refractivity contribution in [2.45, 2.75) is 71.1 Å². The van der Waals surface area contributed by atoms with Gasteiger partial charge in [-0.1, -0.05) is 58.3 Å². The quantitative estimate of drug-likeness (QED) is 0.345. The average Bonchev–Trinajstić information content (AvgIpc) is 2.45. The van der Waals surface area contributed by atoms with E-state index in [0.29, 0.717) is 6.61 Å². The predicted molar refractivity (Wildman–Crippen MR) is 91.6 cm³/mol. The molecule has 0 aromatic rings. The zero-order valence-corrected chi connectivity index (χ0v) is 14.9. The van der Waals surface area contributed by atoms with Crippen LogP contribution < -0.4 is 0 Å². The van der Waals surface area contributed by atoms with Crippen LogP contribution in [-0.2, 0) is 4.74 Å². The smallest absolute Gasteiger partial charge is 0.102 e. The van der Waals surface area contributed by atoms with Gasteiger partial charge in [0.2, 0.25) is 0 Å². The number of aliphatic hydroxyl groups is 1. The highest BCUT2D eigenvalue weighted by Gasteiger charge is 2.13. The first-order valence-corrected chi connectivity index (χ1v) is 9.13. The van der Waals surface area contributed by atoms with Crippen LogP contribution in [0.25, 0.3) is 0 Å². The SMILES string of the molecule is CCCCCCCCCCCC[N+](C)(C)CCOCCO. The molecule has 0 aromatic heterocycles. The van der Waals surface area contributed by atoms with E-state index >= 15 is 0 Å². The van der Waals surface area contributed by atoms with E-state index < -0.39 is 0 Å². The maximum absolute atomic E-state index is 8.67. The van der Waals surface area contributed by atoms with Crippen molar-refractivity contribution in [2.24, 2.45) is 0 Å². The van der Waals surface area contributed by atoms with Crippen LogP contribution in [0.2, 0.25) is 0 Å². The standard InChI is InChI=1S/C18H40NO2/c1-4-5-6-7-8-9-10-11-12-13-14-19(2,3)15-17-21-18-16-20/h20H,4-18H2,1-3H3/q+1. The summed E-state index contributed by atoms with van der Waals surface area (Å²) in [6.45, 7) is 5.91. The van der Waals surface area contributed by atoms with Crippen molar-refractivity contribution in [3.8, 4) is 0 Å². The highest BCUT2D eigenvalue weighted by atomic mass is 16.5. The topological polar surface area (TPSA) is 29.5 Å². The molecule has 0 spiro atoms. The molecule has 3 heteroatoms. The minimum Gasteiger partial charge on any atom is -0.394 e. The second kappa shape index (κ2) is 14.8. The third-order valence-corrected chi connectivity index (χ3v) is 4.19. The number of nitrogens with zero attached hydrogens (tertiary/aromatic N) is 1. The van der Waals surface area contributed by atoms with Gasteiger partial charge in [-0.3, -0.25) is 0 Å². The maximum atomic E-state index is 8.67. The second-order valence-corrected chi connectivity index (χ2v) is 6.90. The fourth-order valence-electron chi connectivity index (χ4n) is 2.62. The summed E-state index contributed by atoms with van der Waals surface area (Å²) in [4.78, 5) is 0. The lowest BCUT2D eigenvalue weighted by Gasteiger charge is -2.29. The number of hydrogen-bond acceptors (Lipinski definition) is 2. The van der Waals surface area contributed by atoms with Gasteiger partial charge in [-0.2, -0.15) is 0 Å². The van der Waals surface area contributed by atoms with E-state index in [2.05, 4.69) is 21.0 Å². The summed E-state index contributed by atoms with van der Waals surface area (Å²) in [6.07, 6.45) is 14.0. The zero-order valence-electron chi connectivity index (χ0n) is 14.9. The minimum absolute atomic E-state index is 0.131. The van der Waals surface area contributed by atoms with Gasteiger partial charge in [0.25, 0.3) is 0 Å². The van der Waals surface area contributed by atoms with Crippen LogP contribution in [0.15, 0.2) is 0 Å². The third-order valence-electron chi connectivity index (χ3n) is 4.19. The van der Waals surface area contributed by atoms with E-state index in [9.17, 15) is 0 Å². The van der Waals surface area contributed by atoms with E-state index in [1.807, 2.05) is 0 Å². The van der Waals surface area contributed by atoms with Gasteiger partial charge in [-0.05, 0) is 12.8 Å². The van der Waals surface area contributed by atoms with Crippen molar-refractivity contribution in [3.05, 3.63) is 0 Å². The number of unbranched alkanes of at least 4 members (excludes halogenated alkanes) is 9. The fraction of sp³-hybridized carbons (Fsp3) is 1.00. The molecule has 0 saturated heterocycles. The predicted octanol–water partition coefficient (Wildman–Crippen LogP) is 3.99. The minimum atomic E-state index is 0.131. The molecule has 3 nitrogen and oxygen atoms in total. The first-order valence-electron chi connectivity index (χ1n) is 9.13. The molecule has 0 bridgehead atoms. The number of aliphatic hydroxyl groups excluding tert-OH is 1. The number of hydrogen-bond donors (Lipinski definition) is 1. The molecule has 0 rings (SSSR count). The van der Waals surface area contributed by atoms with Gasteiger partial charge in [0, 0.05) is 0 Å². The van der Waals surface area contributed by atoms with Crippen molar-refractivity contribution in [1.82, 2.24) is 0 Å². The van der Waals surface area contributed by atoms with Crippen LogP contribution in [0.3, 0.4) is 0 Å². The lowest BCUT2D eigenvalue weighted by Crippen LogP contribution is -2.43. The molecule has 0 aliphatic rings. The molecule has 21 heavy (non-hydrogen) atoms. The Morgan fingerprint density at radius 3 is 1.76 bits per heavy atom. The molecule has 1 N–H and O–H groups in total. The van der Waals surface area contributed by atoms with Crippen molar-refractivity contribution < 1.29 is 14.3 Å². The molecule has 0 aromatic carbocycles. The Labute approximate surface area is 133 Å². The normalized spacial score (nSPS) is 12.0. The highest BCUT2D eigenvalue weighted by Crippen LogP contribution is 2.11. The molecule has 0 radical (unpaired) electrons. The summed E-state index contributed by atoms with van der Waals surface area (Å²) < 4.78 is 6.38. The molecule has 0 aliphatic heterocycles. The van der Waals surface area contributed by atoms with Gasteiger partial charge in [0.1, 0.15) is 6.54 Å². The lowest BCUT2D eigenvalue weighted by atomic mass is 10.1. The van der Waals surface area contributed by atoms with Gasteiger partial charge in [-0.25, -0.2) is 0 Å².